The third-order valence-electron chi connectivity index (χ3n) is 4.50. The van der Waals surface area contributed by atoms with Crippen molar-refractivity contribution < 1.29 is 19.4 Å². The van der Waals surface area contributed by atoms with Gasteiger partial charge in [-0.2, -0.15) is 0 Å². The van der Waals surface area contributed by atoms with Crippen molar-refractivity contribution in [3.8, 4) is 0 Å². The van der Waals surface area contributed by atoms with E-state index >= 15 is 0 Å². The fourth-order valence-electron chi connectivity index (χ4n) is 2.75. The number of carbonyl (C=O) groups is 2. The number of esters is 1. The van der Waals surface area contributed by atoms with E-state index in [0.29, 0.717) is 6.42 Å². The zero-order valence-electron chi connectivity index (χ0n) is 16.8. The minimum absolute atomic E-state index is 0.0866. The summed E-state index contributed by atoms with van der Waals surface area (Å²) in [6, 6.07) is 0. The number of aliphatic imine (C=N–C) groups is 1. The molecule has 7 N–H and O–H groups in total. The van der Waals surface area contributed by atoms with E-state index in [2.05, 4.69) is 11.9 Å². The minimum Gasteiger partial charge on any atom is -0.479 e. The predicted octanol–water partition coefficient (Wildman–Crippen LogP) is 2.29. The van der Waals surface area contributed by atoms with Gasteiger partial charge < -0.3 is 27.0 Å². The summed E-state index contributed by atoms with van der Waals surface area (Å²) in [6.45, 7) is 2.61. The lowest BCUT2D eigenvalue weighted by atomic mass is 9.95. The smallest absolute Gasteiger partial charge is 0.337 e. The monoisotopic (exact) mass is 386 g/mol. The Bertz CT molecular complexity index is 453. The van der Waals surface area contributed by atoms with Crippen molar-refractivity contribution in [2.24, 2.45) is 22.2 Å². The Morgan fingerprint density at radius 2 is 1.44 bits per heavy atom. The number of unbranched alkanes of at least 4 members (excludes halogenated alkanes) is 9. The number of hydrogen-bond donors (Lipinski definition) is 4. The van der Waals surface area contributed by atoms with Gasteiger partial charge in [0.15, 0.2) is 5.96 Å². The van der Waals surface area contributed by atoms with Gasteiger partial charge in [-0.25, -0.2) is 9.59 Å². The van der Waals surface area contributed by atoms with Gasteiger partial charge in [-0.15, -0.1) is 0 Å². The van der Waals surface area contributed by atoms with E-state index in [9.17, 15) is 14.7 Å². The maximum atomic E-state index is 12.1. The maximum absolute atomic E-state index is 12.1. The molecule has 0 spiro atoms. The fraction of sp³-hybridized carbons (Fsp3) is 0.842. The first kappa shape index (κ1) is 25.2. The van der Waals surface area contributed by atoms with Crippen molar-refractivity contribution in [2.75, 3.05) is 13.2 Å². The molecule has 0 radical (unpaired) electrons. The number of ether oxygens (including phenoxy) is 1. The van der Waals surface area contributed by atoms with Crippen LogP contribution in [0.15, 0.2) is 4.99 Å². The van der Waals surface area contributed by atoms with Crippen LogP contribution in [0.2, 0.25) is 0 Å². The predicted molar refractivity (Wildman–Crippen MR) is 107 cm³/mol. The van der Waals surface area contributed by atoms with Crippen LogP contribution < -0.4 is 17.2 Å². The molecule has 0 rings (SSSR count). The van der Waals surface area contributed by atoms with Crippen LogP contribution in [0.25, 0.3) is 0 Å². The molecular weight excluding hydrogens is 348 g/mol. The van der Waals surface area contributed by atoms with Gasteiger partial charge in [-0.05, 0) is 19.3 Å². The molecule has 0 aliphatic rings. The number of rotatable bonds is 17. The lowest BCUT2D eigenvalue weighted by molar-refractivity contribution is -0.161. The van der Waals surface area contributed by atoms with Crippen LogP contribution in [-0.2, 0) is 14.3 Å². The molecule has 0 heterocycles. The second-order valence-electron chi connectivity index (χ2n) is 7.00. The van der Waals surface area contributed by atoms with Crippen LogP contribution in [0.5, 0.6) is 0 Å². The van der Waals surface area contributed by atoms with Crippen LogP contribution >= 0.6 is 0 Å². The van der Waals surface area contributed by atoms with E-state index < -0.39 is 17.5 Å². The molecule has 27 heavy (non-hydrogen) atoms. The van der Waals surface area contributed by atoms with Gasteiger partial charge in [-0.1, -0.05) is 64.7 Å². The highest BCUT2D eigenvalue weighted by atomic mass is 16.5. The van der Waals surface area contributed by atoms with Crippen LogP contribution in [0.4, 0.5) is 0 Å². The Hall–Kier alpha value is -1.83. The van der Waals surface area contributed by atoms with Crippen molar-refractivity contribution in [1.82, 2.24) is 0 Å². The molecule has 0 unspecified atom stereocenters. The lowest BCUT2D eigenvalue weighted by Gasteiger charge is -2.22. The number of carboxylic acid groups (broad SMARTS) is 1. The van der Waals surface area contributed by atoms with Gasteiger partial charge >= 0.3 is 11.9 Å². The number of carbonyl (C=O) groups excluding carboxylic acids is 1. The van der Waals surface area contributed by atoms with Gasteiger partial charge in [-0.3, -0.25) is 4.99 Å². The second-order valence-corrected chi connectivity index (χ2v) is 7.00. The average Bonchev–Trinajstić information content (AvgIpc) is 2.62. The number of nitrogens with two attached hydrogens (primary N) is 3. The Kier molecular flexibility index (Phi) is 14.2. The molecule has 1 atom stereocenters. The Balaban J connectivity index is 3.91. The van der Waals surface area contributed by atoms with Crippen molar-refractivity contribution in [3.05, 3.63) is 0 Å². The van der Waals surface area contributed by atoms with Gasteiger partial charge in [0.05, 0.1) is 6.61 Å². The fourth-order valence-corrected chi connectivity index (χ4v) is 2.75. The number of hydrogen-bond acceptors (Lipinski definition) is 5. The first-order valence-electron chi connectivity index (χ1n) is 10.1. The summed E-state index contributed by atoms with van der Waals surface area (Å²) in [7, 11) is 0. The topological polar surface area (TPSA) is 154 Å². The molecule has 8 heteroatoms. The van der Waals surface area contributed by atoms with Crippen LogP contribution in [-0.4, -0.2) is 41.7 Å². The highest BCUT2D eigenvalue weighted by molar-refractivity contribution is 6.03. The van der Waals surface area contributed by atoms with Crippen LogP contribution in [0, 0.1) is 0 Å². The molecular formula is C19H38N4O4. The summed E-state index contributed by atoms with van der Waals surface area (Å²) in [5.74, 6) is -2.40. The summed E-state index contributed by atoms with van der Waals surface area (Å²) in [6.07, 6.45) is 11.9. The summed E-state index contributed by atoms with van der Waals surface area (Å²) < 4.78 is 5.09. The zero-order chi connectivity index (χ0) is 20.5. The summed E-state index contributed by atoms with van der Waals surface area (Å²) in [4.78, 5) is 27.2. The molecule has 0 fully saturated rings. The number of nitrogens with zero attached hydrogens (tertiary/aromatic N) is 1. The standard InChI is InChI=1S/C19H38N4O4/c1-2-3-4-5-6-7-8-9-10-11-15-27-17(26)19(22,16(24)25)13-12-14-23-18(20)21/h2-15,22H2,1H3,(H,24,25)(H4,20,21,23)/t19-/m0/s1. The number of aliphatic carboxylic acids is 1. The first-order chi connectivity index (χ1) is 12.8. The van der Waals surface area contributed by atoms with E-state index in [0.717, 1.165) is 12.8 Å². The number of carboxylic acids is 1. The van der Waals surface area contributed by atoms with E-state index in [1.165, 1.54) is 44.9 Å². The normalized spacial score (nSPS) is 13.0. The Morgan fingerprint density at radius 1 is 0.926 bits per heavy atom. The van der Waals surface area contributed by atoms with E-state index in [1.807, 2.05) is 0 Å². The molecule has 0 aromatic rings. The second kappa shape index (κ2) is 15.2. The Labute approximate surface area is 162 Å². The zero-order valence-corrected chi connectivity index (χ0v) is 16.8. The molecule has 0 aromatic carbocycles. The highest BCUT2D eigenvalue weighted by Crippen LogP contribution is 2.14. The third-order valence-corrected chi connectivity index (χ3v) is 4.50. The van der Waals surface area contributed by atoms with E-state index in [4.69, 9.17) is 21.9 Å². The largest absolute Gasteiger partial charge is 0.479 e. The third kappa shape index (κ3) is 12.2. The van der Waals surface area contributed by atoms with Crippen molar-refractivity contribution >= 4 is 17.9 Å². The lowest BCUT2D eigenvalue weighted by Crippen LogP contribution is -2.56. The van der Waals surface area contributed by atoms with Crippen molar-refractivity contribution in [2.45, 2.75) is 89.5 Å². The SMILES string of the molecule is CCCCCCCCCCCCOC(=O)[C@](N)(CCCN=C(N)N)C(=O)O. The van der Waals surface area contributed by atoms with E-state index in [1.54, 1.807) is 0 Å². The molecule has 0 aliphatic heterocycles. The molecule has 0 aliphatic carbocycles. The Morgan fingerprint density at radius 3 is 1.93 bits per heavy atom. The highest BCUT2D eigenvalue weighted by Gasteiger charge is 2.43. The molecule has 0 amide bonds. The maximum Gasteiger partial charge on any atom is 0.337 e. The molecule has 158 valence electrons. The van der Waals surface area contributed by atoms with Gasteiger partial charge in [0.2, 0.25) is 5.54 Å². The summed E-state index contributed by atoms with van der Waals surface area (Å²) in [5, 5.41) is 9.28. The summed E-state index contributed by atoms with van der Waals surface area (Å²) in [5.41, 5.74) is 14.1. The molecule has 0 saturated heterocycles. The average molecular weight is 387 g/mol. The van der Waals surface area contributed by atoms with Gasteiger partial charge in [0.25, 0.3) is 0 Å². The first-order valence-corrected chi connectivity index (χ1v) is 10.1. The summed E-state index contributed by atoms with van der Waals surface area (Å²) >= 11 is 0. The van der Waals surface area contributed by atoms with Gasteiger partial charge in [0.1, 0.15) is 0 Å². The number of guanidine groups is 1. The van der Waals surface area contributed by atoms with Crippen LogP contribution in [0.3, 0.4) is 0 Å². The minimum atomic E-state index is -2.06. The molecule has 8 nitrogen and oxygen atoms in total. The molecule has 0 saturated carbocycles. The molecule has 0 bridgehead atoms. The van der Waals surface area contributed by atoms with Crippen molar-refractivity contribution in [3.63, 3.8) is 0 Å². The van der Waals surface area contributed by atoms with Crippen LogP contribution in [0.1, 0.15) is 84.0 Å². The van der Waals surface area contributed by atoms with Crippen molar-refractivity contribution in [1.29, 1.82) is 0 Å². The van der Waals surface area contributed by atoms with Gasteiger partial charge in [0, 0.05) is 6.54 Å². The quantitative estimate of drug-likeness (QED) is 0.0982. The van der Waals surface area contributed by atoms with E-state index in [-0.39, 0.29) is 32.0 Å². The molecule has 0 aromatic heterocycles.